The zero-order valence-corrected chi connectivity index (χ0v) is 15.0. The van der Waals surface area contributed by atoms with E-state index in [0.717, 1.165) is 19.5 Å². The van der Waals surface area contributed by atoms with Crippen LogP contribution >= 0.6 is 0 Å². The molecule has 4 nitrogen and oxygen atoms in total. The van der Waals surface area contributed by atoms with Crippen LogP contribution in [0.15, 0.2) is 30.3 Å². The summed E-state index contributed by atoms with van der Waals surface area (Å²) in [5.74, 6) is 0.405. The minimum absolute atomic E-state index is 0.195. The topological polar surface area (TPSA) is 41.6 Å². The third-order valence-electron chi connectivity index (χ3n) is 4.32. The summed E-state index contributed by atoms with van der Waals surface area (Å²) in [6, 6.07) is 11.2. The number of rotatable bonds is 3. The average molecular weight is 318 g/mol. The van der Waals surface area contributed by atoms with Gasteiger partial charge in [0, 0.05) is 25.2 Å². The van der Waals surface area contributed by atoms with E-state index in [2.05, 4.69) is 43.4 Å². The Balaban J connectivity index is 1.88. The summed E-state index contributed by atoms with van der Waals surface area (Å²) in [6.45, 7) is 11.6. The van der Waals surface area contributed by atoms with Gasteiger partial charge in [-0.3, -0.25) is 0 Å². The molecule has 23 heavy (non-hydrogen) atoms. The summed E-state index contributed by atoms with van der Waals surface area (Å²) in [6.07, 6.45) is 0.760. The predicted octanol–water partition coefficient (Wildman–Crippen LogP) is 3.98. The van der Waals surface area contributed by atoms with Crippen molar-refractivity contribution >= 4 is 6.09 Å². The second kappa shape index (κ2) is 7.35. The summed E-state index contributed by atoms with van der Waals surface area (Å²) in [7, 11) is 0. The minimum atomic E-state index is -0.433. The number of ether oxygens (including phenoxy) is 1. The molecular weight excluding hydrogens is 288 g/mol. The van der Waals surface area contributed by atoms with Gasteiger partial charge in [0.05, 0.1) is 0 Å². The Bertz CT molecular complexity index is 510. The van der Waals surface area contributed by atoms with Gasteiger partial charge in [-0.1, -0.05) is 37.3 Å². The largest absolute Gasteiger partial charge is 0.444 e. The highest BCUT2D eigenvalue weighted by molar-refractivity contribution is 5.68. The van der Waals surface area contributed by atoms with E-state index in [1.54, 1.807) is 0 Å². The Morgan fingerprint density at radius 1 is 1.30 bits per heavy atom. The van der Waals surface area contributed by atoms with E-state index in [-0.39, 0.29) is 6.09 Å². The van der Waals surface area contributed by atoms with Crippen molar-refractivity contribution < 1.29 is 9.53 Å². The first-order valence-electron chi connectivity index (χ1n) is 8.55. The molecule has 0 spiro atoms. The van der Waals surface area contributed by atoms with Gasteiger partial charge in [-0.2, -0.15) is 0 Å². The molecule has 0 unspecified atom stereocenters. The molecule has 1 N–H and O–H groups in total. The van der Waals surface area contributed by atoms with Crippen molar-refractivity contribution in [3.63, 3.8) is 0 Å². The number of benzene rings is 1. The first-order chi connectivity index (χ1) is 10.8. The van der Waals surface area contributed by atoms with E-state index in [9.17, 15) is 4.79 Å². The number of likely N-dealkylation sites (tertiary alicyclic amines) is 1. The second-order valence-electron chi connectivity index (χ2n) is 7.60. The average Bonchev–Trinajstić information content (AvgIpc) is 2.48. The summed E-state index contributed by atoms with van der Waals surface area (Å²) >= 11 is 0. The first kappa shape index (κ1) is 17.8. The molecule has 1 aliphatic rings. The normalized spacial score (nSPS) is 23.4. The van der Waals surface area contributed by atoms with Crippen molar-refractivity contribution in [3.8, 4) is 0 Å². The van der Waals surface area contributed by atoms with Crippen LogP contribution in [0.5, 0.6) is 0 Å². The predicted molar refractivity (Wildman–Crippen MR) is 93.4 cm³/mol. The lowest BCUT2D eigenvalue weighted by molar-refractivity contribution is 0.0139. The van der Waals surface area contributed by atoms with Gasteiger partial charge in [0.2, 0.25) is 0 Å². The number of carbonyl (C=O) groups is 1. The van der Waals surface area contributed by atoms with Crippen molar-refractivity contribution in [2.24, 2.45) is 5.92 Å². The number of piperidine rings is 1. The summed E-state index contributed by atoms with van der Waals surface area (Å²) in [4.78, 5) is 14.0. The van der Waals surface area contributed by atoms with E-state index < -0.39 is 5.60 Å². The summed E-state index contributed by atoms with van der Waals surface area (Å²) in [5.41, 5.74) is 0.867. The van der Waals surface area contributed by atoms with Gasteiger partial charge in [0.25, 0.3) is 0 Å². The van der Waals surface area contributed by atoms with E-state index >= 15 is 0 Å². The molecule has 4 heteroatoms. The van der Waals surface area contributed by atoms with Gasteiger partial charge < -0.3 is 15.0 Å². The molecule has 1 amide bonds. The highest BCUT2D eigenvalue weighted by atomic mass is 16.6. The Morgan fingerprint density at radius 2 is 1.96 bits per heavy atom. The van der Waals surface area contributed by atoms with Gasteiger partial charge >= 0.3 is 6.09 Å². The van der Waals surface area contributed by atoms with Gasteiger partial charge in [-0.25, -0.2) is 4.79 Å². The Morgan fingerprint density at radius 3 is 2.52 bits per heavy atom. The van der Waals surface area contributed by atoms with Gasteiger partial charge in [0.15, 0.2) is 0 Å². The molecule has 1 fully saturated rings. The van der Waals surface area contributed by atoms with Crippen LogP contribution in [0.3, 0.4) is 0 Å². The monoisotopic (exact) mass is 318 g/mol. The standard InChI is InChI=1S/C19H30N2O2/c1-14-13-21(18(22)23-19(3,4)5)12-11-17(14)20-15(2)16-9-7-6-8-10-16/h6-10,14-15,17,20H,11-13H2,1-5H3/t14-,15-,17+/m1/s1. The zero-order valence-electron chi connectivity index (χ0n) is 15.0. The van der Waals surface area contributed by atoms with Crippen LogP contribution < -0.4 is 5.32 Å². The SMILES string of the molecule is C[C@@H]1CN(C(=O)OC(C)(C)C)CC[C@@H]1N[C@H](C)c1ccccc1. The first-order valence-corrected chi connectivity index (χ1v) is 8.55. The molecule has 0 aromatic heterocycles. The lowest BCUT2D eigenvalue weighted by Gasteiger charge is -2.39. The van der Waals surface area contributed by atoms with Crippen LogP contribution in [0.4, 0.5) is 4.79 Å². The zero-order chi connectivity index (χ0) is 17.0. The molecule has 0 aliphatic carbocycles. The van der Waals surface area contributed by atoms with Crippen LogP contribution in [-0.4, -0.2) is 35.7 Å². The van der Waals surface area contributed by atoms with Crippen molar-refractivity contribution in [1.82, 2.24) is 10.2 Å². The molecule has 1 saturated heterocycles. The van der Waals surface area contributed by atoms with Crippen LogP contribution in [0.2, 0.25) is 0 Å². The molecule has 1 aliphatic heterocycles. The molecule has 0 bridgehead atoms. The van der Waals surface area contributed by atoms with E-state index in [1.807, 2.05) is 31.7 Å². The molecule has 0 saturated carbocycles. The van der Waals surface area contributed by atoms with Crippen molar-refractivity contribution in [3.05, 3.63) is 35.9 Å². The third-order valence-corrected chi connectivity index (χ3v) is 4.32. The fraction of sp³-hybridized carbons (Fsp3) is 0.632. The Hall–Kier alpha value is -1.55. The van der Waals surface area contributed by atoms with Crippen molar-refractivity contribution in [1.29, 1.82) is 0 Å². The number of carbonyl (C=O) groups excluding carboxylic acids is 1. The van der Waals surface area contributed by atoms with Crippen molar-refractivity contribution in [2.45, 2.75) is 58.7 Å². The highest BCUT2D eigenvalue weighted by Crippen LogP contribution is 2.22. The molecule has 3 atom stereocenters. The number of hydrogen-bond acceptors (Lipinski definition) is 3. The van der Waals surface area contributed by atoms with Crippen molar-refractivity contribution in [2.75, 3.05) is 13.1 Å². The fourth-order valence-electron chi connectivity index (χ4n) is 3.04. The maximum Gasteiger partial charge on any atom is 0.410 e. The number of nitrogens with zero attached hydrogens (tertiary/aromatic N) is 1. The molecule has 1 aromatic carbocycles. The van der Waals surface area contributed by atoms with E-state index in [0.29, 0.717) is 18.0 Å². The number of amides is 1. The molecular formula is C19H30N2O2. The molecule has 0 radical (unpaired) electrons. The lowest BCUT2D eigenvalue weighted by atomic mass is 9.92. The lowest BCUT2D eigenvalue weighted by Crippen LogP contribution is -2.51. The van der Waals surface area contributed by atoms with Crippen LogP contribution in [0.25, 0.3) is 0 Å². The van der Waals surface area contributed by atoms with Gasteiger partial charge in [-0.05, 0) is 45.6 Å². The molecule has 128 valence electrons. The van der Waals surface area contributed by atoms with Gasteiger partial charge in [-0.15, -0.1) is 0 Å². The maximum absolute atomic E-state index is 12.2. The summed E-state index contributed by atoms with van der Waals surface area (Å²) < 4.78 is 5.48. The minimum Gasteiger partial charge on any atom is -0.444 e. The molecule has 2 rings (SSSR count). The fourth-order valence-corrected chi connectivity index (χ4v) is 3.04. The smallest absolute Gasteiger partial charge is 0.410 e. The third kappa shape index (κ3) is 5.24. The Kier molecular flexibility index (Phi) is 5.69. The van der Waals surface area contributed by atoms with Crippen LogP contribution in [-0.2, 0) is 4.74 Å². The van der Waals surface area contributed by atoms with E-state index in [1.165, 1.54) is 5.56 Å². The summed E-state index contributed by atoms with van der Waals surface area (Å²) in [5, 5.41) is 3.71. The van der Waals surface area contributed by atoms with Crippen LogP contribution in [0, 0.1) is 5.92 Å². The van der Waals surface area contributed by atoms with E-state index in [4.69, 9.17) is 4.74 Å². The number of hydrogen-bond donors (Lipinski definition) is 1. The molecule has 1 heterocycles. The number of nitrogens with one attached hydrogen (secondary N) is 1. The Labute approximate surface area is 140 Å². The highest BCUT2D eigenvalue weighted by Gasteiger charge is 2.31. The maximum atomic E-state index is 12.2. The quantitative estimate of drug-likeness (QED) is 0.916. The second-order valence-corrected chi connectivity index (χ2v) is 7.60. The van der Waals surface area contributed by atoms with Crippen LogP contribution in [0.1, 0.15) is 52.6 Å². The molecule has 1 aromatic rings. The van der Waals surface area contributed by atoms with Gasteiger partial charge in [0.1, 0.15) is 5.60 Å².